The monoisotopic (exact) mass is 392 g/mol. The number of nitrogens with zero attached hydrogens (tertiary/aromatic N) is 3. The summed E-state index contributed by atoms with van der Waals surface area (Å²) in [5.74, 6) is 0.717. The molecular weight excluding hydrogens is 376 g/mol. The molecule has 28 heavy (non-hydrogen) atoms. The van der Waals surface area contributed by atoms with Crippen LogP contribution in [0.4, 0.5) is 5.95 Å². The summed E-state index contributed by atoms with van der Waals surface area (Å²) < 4.78 is 1.71. The van der Waals surface area contributed by atoms with Crippen molar-refractivity contribution >= 4 is 23.3 Å². The summed E-state index contributed by atoms with van der Waals surface area (Å²) in [7, 11) is 0. The lowest BCUT2D eigenvalue weighted by molar-refractivity contribution is -0.116. The summed E-state index contributed by atoms with van der Waals surface area (Å²) in [4.78, 5) is 17.6. The Labute approximate surface area is 166 Å². The zero-order valence-electron chi connectivity index (χ0n) is 14.8. The van der Waals surface area contributed by atoms with Crippen LogP contribution in [0.25, 0.3) is 0 Å². The number of phenolic OH excluding ortho intramolecular Hbond substituents is 1. The lowest BCUT2D eigenvalue weighted by Gasteiger charge is -2.35. The average Bonchev–Trinajstić information content (AvgIpc) is 3.15. The van der Waals surface area contributed by atoms with E-state index >= 15 is 0 Å². The maximum Gasteiger partial charge on any atom is 0.226 e. The summed E-state index contributed by atoms with van der Waals surface area (Å²) in [5, 5.41) is 18.4. The van der Waals surface area contributed by atoms with Crippen molar-refractivity contribution in [2.24, 2.45) is 0 Å². The molecule has 0 spiro atoms. The quantitative estimate of drug-likeness (QED) is 0.687. The van der Waals surface area contributed by atoms with Gasteiger partial charge in [-0.3, -0.25) is 4.79 Å². The topological polar surface area (TPSA) is 80.0 Å². The fraction of sp³-hybridized carbons (Fsp3) is 0.190. The van der Waals surface area contributed by atoms with Crippen LogP contribution in [-0.4, -0.2) is 25.7 Å². The van der Waals surface area contributed by atoms with Gasteiger partial charge in [-0.05, 0) is 24.1 Å². The molecule has 2 heterocycles. The molecule has 1 aromatic heterocycles. The van der Waals surface area contributed by atoms with Crippen molar-refractivity contribution in [3.63, 3.8) is 0 Å². The smallest absolute Gasteiger partial charge is 0.226 e. The number of carbonyl (C=O) groups is 1. The molecule has 7 heteroatoms. The highest BCUT2D eigenvalue weighted by atomic mass is 35.5. The van der Waals surface area contributed by atoms with Crippen molar-refractivity contribution in [3.8, 4) is 5.75 Å². The van der Waals surface area contributed by atoms with Crippen LogP contribution in [0.1, 0.15) is 35.9 Å². The van der Waals surface area contributed by atoms with Crippen molar-refractivity contribution in [1.82, 2.24) is 14.8 Å². The fourth-order valence-corrected chi connectivity index (χ4v) is 4.43. The zero-order valence-corrected chi connectivity index (χ0v) is 15.6. The lowest BCUT2D eigenvalue weighted by Crippen LogP contribution is -2.33. The van der Waals surface area contributed by atoms with E-state index in [1.54, 1.807) is 16.8 Å². The number of carbonyl (C=O) groups excluding carboxylic acids is 1. The Hall–Kier alpha value is -3.12. The van der Waals surface area contributed by atoms with Crippen molar-refractivity contribution in [1.29, 1.82) is 0 Å². The highest BCUT2D eigenvalue weighted by Gasteiger charge is 2.40. The van der Waals surface area contributed by atoms with E-state index in [0.29, 0.717) is 29.4 Å². The second-order valence-electron chi connectivity index (χ2n) is 7.06. The second-order valence-corrected chi connectivity index (χ2v) is 7.46. The predicted octanol–water partition coefficient (Wildman–Crippen LogP) is 4.05. The number of allylic oxidation sites excluding steroid dienone is 2. The van der Waals surface area contributed by atoms with Crippen molar-refractivity contribution in [2.45, 2.75) is 24.8 Å². The number of anilines is 1. The van der Waals surface area contributed by atoms with Gasteiger partial charge in [-0.25, -0.2) is 4.68 Å². The number of para-hydroxylation sites is 1. The Bertz CT molecular complexity index is 1120. The van der Waals surface area contributed by atoms with E-state index in [4.69, 9.17) is 11.6 Å². The van der Waals surface area contributed by atoms with Crippen LogP contribution in [0.2, 0.25) is 5.02 Å². The Morgan fingerprint density at radius 3 is 2.61 bits per heavy atom. The highest BCUT2D eigenvalue weighted by molar-refractivity contribution is 6.31. The van der Waals surface area contributed by atoms with E-state index in [2.05, 4.69) is 15.4 Å². The Kier molecular flexibility index (Phi) is 3.94. The largest absolute Gasteiger partial charge is 0.508 e. The molecule has 0 fully saturated rings. The normalized spacial score (nSPS) is 21.1. The van der Waals surface area contributed by atoms with Crippen molar-refractivity contribution in [3.05, 3.63) is 82.3 Å². The van der Waals surface area contributed by atoms with Gasteiger partial charge in [0.05, 0.1) is 0 Å². The van der Waals surface area contributed by atoms with Crippen molar-refractivity contribution in [2.75, 3.05) is 5.32 Å². The number of phenols is 1. The molecule has 2 aromatic carbocycles. The number of halogens is 1. The second kappa shape index (κ2) is 6.49. The number of Topliss-reactive ketones (excluding diaryl/α,β-unsaturated/α-hetero) is 1. The maximum atomic E-state index is 13.3. The van der Waals surface area contributed by atoms with Crippen LogP contribution in [0.3, 0.4) is 0 Å². The third kappa shape index (κ3) is 2.60. The molecule has 140 valence electrons. The fourth-order valence-electron chi connectivity index (χ4n) is 4.19. The van der Waals surface area contributed by atoms with Gasteiger partial charge in [0, 0.05) is 34.2 Å². The minimum atomic E-state index is -0.416. The number of fused-ring (bicyclic) bond motifs is 1. The van der Waals surface area contributed by atoms with Gasteiger partial charge in [0.15, 0.2) is 5.78 Å². The van der Waals surface area contributed by atoms with E-state index in [1.165, 1.54) is 6.33 Å². The number of rotatable bonds is 2. The summed E-state index contributed by atoms with van der Waals surface area (Å²) in [5.41, 5.74) is 3.08. The van der Waals surface area contributed by atoms with Gasteiger partial charge < -0.3 is 10.4 Å². The van der Waals surface area contributed by atoms with Gasteiger partial charge in [-0.2, -0.15) is 10.1 Å². The molecule has 5 rings (SSSR count). The van der Waals surface area contributed by atoms with Gasteiger partial charge in [0.1, 0.15) is 18.1 Å². The summed E-state index contributed by atoms with van der Waals surface area (Å²) in [6.45, 7) is 0. The standard InChI is InChI=1S/C21H17ClN4O2/c22-15-7-3-1-6-14(15)20-19-16(25-21-23-11-24-26(20)21)9-12(10-18(19)28)13-5-2-4-8-17(13)27/h1-8,11-12,20,27H,9-10H2,(H,23,24,25)/t12-,20+/m0/s1. The molecular formula is C21H17ClN4O2. The van der Waals surface area contributed by atoms with Crippen LogP contribution in [-0.2, 0) is 4.79 Å². The molecule has 0 radical (unpaired) electrons. The lowest BCUT2D eigenvalue weighted by atomic mass is 9.77. The number of aromatic hydroxyl groups is 1. The SMILES string of the molecule is O=C1C[C@@H](c2ccccc2O)CC2=C1[C@@H](c1ccccc1Cl)n1ncnc1N2. The number of benzene rings is 2. The summed E-state index contributed by atoms with van der Waals surface area (Å²) in [6, 6.07) is 14.3. The van der Waals surface area contributed by atoms with Crippen LogP contribution in [0.15, 0.2) is 66.1 Å². The minimum absolute atomic E-state index is 0.0214. The van der Waals surface area contributed by atoms with Gasteiger partial charge in [-0.1, -0.05) is 48.0 Å². The van der Waals surface area contributed by atoms with Crippen LogP contribution < -0.4 is 5.32 Å². The third-order valence-corrected chi connectivity index (χ3v) is 5.78. The van der Waals surface area contributed by atoms with Crippen LogP contribution in [0.5, 0.6) is 5.75 Å². The molecule has 0 amide bonds. The summed E-state index contributed by atoms with van der Waals surface area (Å²) in [6.07, 6.45) is 2.39. The van der Waals surface area contributed by atoms with Gasteiger partial charge in [0.2, 0.25) is 5.95 Å². The molecule has 1 aliphatic heterocycles. The number of hydrogen-bond acceptors (Lipinski definition) is 5. The molecule has 2 N–H and O–H groups in total. The molecule has 3 aromatic rings. The Balaban J connectivity index is 1.63. The number of hydrogen-bond donors (Lipinski definition) is 2. The van der Waals surface area contributed by atoms with Crippen molar-refractivity contribution < 1.29 is 9.90 Å². The first-order valence-corrected chi connectivity index (χ1v) is 9.46. The maximum absolute atomic E-state index is 13.3. The number of ketones is 1. The first-order valence-electron chi connectivity index (χ1n) is 9.08. The van der Waals surface area contributed by atoms with Crippen LogP contribution >= 0.6 is 11.6 Å². The average molecular weight is 393 g/mol. The van der Waals surface area contributed by atoms with E-state index in [9.17, 15) is 9.90 Å². The molecule has 0 saturated heterocycles. The number of aromatic nitrogens is 3. The molecule has 6 nitrogen and oxygen atoms in total. The van der Waals surface area contributed by atoms with E-state index in [-0.39, 0.29) is 17.5 Å². The molecule has 2 aliphatic rings. The van der Waals surface area contributed by atoms with E-state index < -0.39 is 6.04 Å². The Morgan fingerprint density at radius 1 is 1.07 bits per heavy atom. The zero-order chi connectivity index (χ0) is 19.3. The molecule has 0 unspecified atom stereocenters. The van der Waals surface area contributed by atoms with Gasteiger partial charge >= 0.3 is 0 Å². The minimum Gasteiger partial charge on any atom is -0.508 e. The summed E-state index contributed by atoms with van der Waals surface area (Å²) >= 11 is 6.47. The highest BCUT2D eigenvalue weighted by Crippen LogP contribution is 2.46. The molecule has 2 atom stereocenters. The molecule has 0 saturated carbocycles. The number of nitrogens with one attached hydrogen (secondary N) is 1. The van der Waals surface area contributed by atoms with Gasteiger partial charge in [0.25, 0.3) is 0 Å². The first-order chi connectivity index (χ1) is 13.6. The molecule has 0 bridgehead atoms. The van der Waals surface area contributed by atoms with Gasteiger partial charge in [-0.15, -0.1) is 0 Å². The predicted molar refractivity (Wildman–Crippen MR) is 105 cm³/mol. The van der Waals surface area contributed by atoms with E-state index in [0.717, 1.165) is 16.8 Å². The molecule has 1 aliphatic carbocycles. The third-order valence-electron chi connectivity index (χ3n) is 5.44. The Morgan fingerprint density at radius 2 is 1.82 bits per heavy atom. The van der Waals surface area contributed by atoms with E-state index in [1.807, 2.05) is 36.4 Å². The first kappa shape index (κ1) is 17.0. The van der Waals surface area contributed by atoms with Crippen LogP contribution in [0, 0.1) is 0 Å².